The number of benzene rings is 2. The lowest BCUT2D eigenvalue weighted by Crippen LogP contribution is -1.92. The second-order valence-electron chi connectivity index (χ2n) is 4.79. The van der Waals surface area contributed by atoms with Crippen LogP contribution >= 0.6 is 11.6 Å². The van der Waals surface area contributed by atoms with Gasteiger partial charge in [0.25, 0.3) is 0 Å². The smallest absolute Gasteiger partial charge is 0.132 e. The number of aryl methyl sites for hydroxylation is 1. The highest BCUT2D eigenvalue weighted by molar-refractivity contribution is 6.17. The number of fused-ring (bicyclic) bond motifs is 1. The topological polar surface area (TPSA) is 12.9 Å². The van der Waals surface area contributed by atoms with Crippen molar-refractivity contribution in [3.8, 4) is 11.3 Å². The van der Waals surface area contributed by atoms with Crippen molar-refractivity contribution in [1.29, 1.82) is 0 Å². The molecule has 0 fully saturated rings. The molecule has 2 aromatic carbocycles. The van der Waals surface area contributed by atoms with Gasteiger partial charge >= 0.3 is 0 Å². The van der Waals surface area contributed by atoms with Crippen LogP contribution in [0.25, 0.3) is 22.2 Å². The van der Waals surface area contributed by atoms with Gasteiger partial charge in [0.05, 0.1) is 11.2 Å². The van der Waals surface area contributed by atoms with Crippen LogP contribution in [0, 0.1) is 12.7 Å². The number of rotatable bonds is 2. The predicted molar refractivity (Wildman–Crippen MR) is 81.4 cm³/mol. The molecular weight excluding hydrogens is 273 g/mol. The van der Waals surface area contributed by atoms with E-state index < -0.39 is 0 Å². The molecule has 3 aromatic rings. The Balaban J connectivity index is 2.17. The zero-order valence-electron chi connectivity index (χ0n) is 11.0. The summed E-state index contributed by atoms with van der Waals surface area (Å²) in [5.74, 6) is 0.262. The first-order valence-corrected chi connectivity index (χ1v) is 6.93. The van der Waals surface area contributed by atoms with Crippen molar-refractivity contribution >= 4 is 22.5 Å². The van der Waals surface area contributed by atoms with Gasteiger partial charge in [-0.1, -0.05) is 30.3 Å². The van der Waals surface area contributed by atoms with Crippen molar-refractivity contribution < 1.29 is 4.39 Å². The molecular formula is C17H13ClFN. The Bertz CT molecular complexity index is 766. The third kappa shape index (κ3) is 2.27. The molecule has 0 atom stereocenters. The highest BCUT2D eigenvalue weighted by Crippen LogP contribution is 2.26. The molecule has 0 amide bonds. The number of halogens is 2. The molecule has 0 aliphatic rings. The molecule has 1 aromatic heterocycles. The predicted octanol–water partition coefficient (Wildman–Crippen LogP) is 5.09. The van der Waals surface area contributed by atoms with Crippen LogP contribution in [0.1, 0.15) is 11.1 Å². The summed E-state index contributed by atoms with van der Waals surface area (Å²) in [6.45, 7) is 1.95. The number of hydrogen-bond donors (Lipinski definition) is 0. The third-order valence-electron chi connectivity index (χ3n) is 3.38. The molecule has 3 heteroatoms. The Hall–Kier alpha value is -1.93. The summed E-state index contributed by atoms with van der Waals surface area (Å²) >= 11 is 5.79. The van der Waals surface area contributed by atoms with Crippen molar-refractivity contribution in [2.45, 2.75) is 12.8 Å². The van der Waals surface area contributed by atoms with Gasteiger partial charge in [-0.3, -0.25) is 0 Å². The second-order valence-corrected chi connectivity index (χ2v) is 5.06. The SMILES string of the molecule is Cc1cc2c(F)cccc2nc1-c1ccc(CCl)cc1. The van der Waals surface area contributed by atoms with Gasteiger partial charge in [-0.2, -0.15) is 0 Å². The van der Waals surface area contributed by atoms with Crippen molar-refractivity contribution in [3.05, 3.63) is 65.5 Å². The first-order chi connectivity index (χ1) is 9.69. The average Bonchev–Trinajstić information content (AvgIpc) is 2.48. The van der Waals surface area contributed by atoms with E-state index in [9.17, 15) is 4.39 Å². The van der Waals surface area contributed by atoms with E-state index >= 15 is 0 Å². The maximum Gasteiger partial charge on any atom is 0.132 e. The van der Waals surface area contributed by atoms with Crippen molar-refractivity contribution in [2.75, 3.05) is 0 Å². The molecule has 3 rings (SSSR count). The number of nitrogens with zero attached hydrogens (tertiary/aromatic N) is 1. The minimum Gasteiger partial charge on any atom is -0.247 e. The first kappa shape index (κ1) is 13.1. The van der Waals surface area contributed by atoms with E-state index in [2.05, 4.69) is 4.98 Å². The van der Waals surface area contributed by atoms with Crippen LogP contribution in [-0.4, -0.2) is 4.98 Å². The molecule has 0 saturated heterocycles. The van der Waals surface area contributed by atoms with Gasteiger partial charge in [0, 0.05) is 16.8 Å². The molecule has 0 bridgehead atoms. The zero-order chi connectivity index (χ0) is 14.1. The number of pyridine rings is 1. The van der Waals surface area contributed by atoms with Crippen LogP contribution in [0.15, 0.2) is 48.5 Å². The minimum atomic E-state index is -0.234. The van der Waals surface area contributed by atoms with Gasteiger partial charge in [-0.15, -0.1) is 11.6 Å². The highest BCUT2D eigenvalue weighted by atomic mass is 35.5. The number of hydrogen-bond acceptors (Lipinski definition) is 1. The maximum atomic E-state index is 13.7. The number of alkyl halides is 1. The molecule has 0 aliphatic heterocycles. The van der Waals surface area contributed by atoms with Gasteiger partial charge in [-0.25, -0.2) is 9.37 Å². The molecule has 0 aliphatic carbocycles. The second kappa shape index (κ2) is 5.22. The molecule has 0 saturated carbocycles. The largest absolute Gasteiger partial charge is 0.247 e. The zero-order valence-corrected chi connectivity index (χ0v) is 11.8. The lowest BCUT2D eigenvalue weighted by Gasteiger charge is -2.08. The van der Waals surface area contributed by atoms with E-state index in [-0.39, 0.29) is 5.82 Å². The molecule has 0 radical (unpaired) electrons. The Morgan fingerprint density at radius 3 is 2.55 bits per heavy atom. The van der Waals surface area contributed by atoms with Crippen LogP contribution in [0.2, 0.25) is 0 Å². The summed E-state index contributed by atoms with van der Waals surface area (Å²) in [5, 5.41) is 0.561. The van der Waals surface area contributed by atoms with Crippen LogP contribution in [0.4, 0.5) is 4.39 Å². The quantitative estimate of drug-likeness (QED) is 0.598. The van der Waals surface area contributed by atoms with E-state index in [4.69, 9.17) is 11.6 Å². The van der Waals surface area contributed by atoms with E-state index in [1.165, 1.54) is 6.07 Å². The van der Waals surface area contributed by atoms with Gasteiger partial charge < -0.3 is 0 Å². The Morgan fingerprint density at radius 2 is 1.85 bits per heavy atom. The molecule has 1 heterocycles. The molecule has 1 nitrogen and oxygen atoms in total. The molecule has 20 heavy (non-hydrogen) atoms. The summed E-state index contributed by atoms with van der Waals surface area (Å²) in [6.07, 6.45) is 0. The van der Waals surface area contributed by atoms with Crippen LogP contribution in [0.3, 0.4) is 0 Å². The fraction of sp³-hybridized carbons (Fsp3) is 0.118. The van der Waals surface area contributed by atoms with Crippen molar-refractivity contribution in [2.24, 2.45) is 0 Å². The minimum absolute atomic E-state index is 0.234. The third-order valence-corrected chi connectivity index (χ3v) is 3.69. The summed E-state index contributed by atoms with van der Waals surface area (Å²) in [6, 6.07) is 14.8. The summed E-state index contributed by atoms with van der Waals surface area (Å²) in [7, 11) is 0. The molecule has 0 spiro atoms. The van der Waals surface area contributed by atoms with E-state index in [1.807, 2.05) is 43.3 Å². The normalized spacial score (nSPS) is 10.9. The van der Waals surface area contributed by atoms with Crippen molar-refractivity contribution in [1.82, 2.24) is 4.98 Å². The lowest BCUT2D eigenvalue weighted by atomic mass is 10.0. The van der Waals surface area contributed by atoms with E-state index in [0.717, 1.165) is 22.4 Å². The van der Waals surface area contributed by atoms with Crippen molar-refractivity contribution in [3.63, 3.8) is 0 Å². The maximum absolute atomic E-state index is 13.7. The lowest BCUT2D eigenvalue weighted by molar-refractivity contribution is 0.639. The summed E-state index contributed by atoms with van der Waals surface area (Å²) in [5.41, 5.74) is 4.60. The van der Waals surface area contributed by atoms with E-state index in [0.29, 0.717) is 16.8 Å². The van der Waals surface area contributed by atoms with Gasteiger partial charge in [0.2, 0.25) is 0 Å². The molecule has 0 N–H and O–H groups in total. The van der Waals surface area contributed by atoms with Crippen LogP contribution < -0.4 is 0 Å². The van der Waals surface area contributed by atoms with Crippen LogP contribution in [0.5, 0.6) is 0 Å². The fourth-order valence-corrected chi connectivity index (χ4v) is 2.48. The number of aromatic nitrogens is 1. The Morgan fingerprint density at radius 1 is 1.10 bits per heavy atom. The standard InChI is InChI=1S/C17H13ClFN/c1-11-9-14-15(19)3-2-4-16(14)20-17(11)13-7-5-12(10-18)6-8-13/h2-9H,10H2,1H3. The Kier molecular flexibility index (Phi) is 3.41. The van der Waals surface area contributed by atoms with Gasteiger partial charge in [-0.05, 0) is 36.2 Å². The molecule has 100 valence electrons. The average molecular weight is 286 g/mol. The fourth-order valence-electron chi connectivity index (χ4n) is 2.30. The van der Waals surface area contributed by atoms with Gasteiger partial charge in [0.15, 0.2) is 0 Å². The first-order valence-electron chi connectivity index (χ1n) is 6.40. The highest BCUT2D eigenvalue weighted by Gasteiger charge is 2.08. The summed E-state index contributed by atoms with van der Waals surface area (Å²) < 4.78 is 13.7. The molecule has 0 unspecified atom stereocenters. The van der Waals surface area contributed by atoms with Gasteiger partial charge in [0.1, 0.15) is 5.82 Å². The summed E-state index contributed by atoms with van der Waals surface area (Å²) in [4.78, 5) is 4.59. The Labute approximate surface area is 122 Å². The monoisotopic (exact) mass is 285 g/mol. The van der Waals surface area contributed by atoms with E-state index in [1.54, 1.807) is 6.07 Å². The van der Waals surface area contributed by atoms with Crippen LogP contribution in [-0.2, 0) is 5.88 Å².